The van der Waals surface area contributed by atoms with Crippen molar-refractivity contribution in [2.45, 2.75) is 34.6 Å². The van der Waals surface area contributed by atoms with Gasteiger partial charge < -0.3 is 0 Å². The van der Waals surface area contributed by atoms with Crippen molar-refractivity contribution in [3.05, 3.63) is 45.4 Å². The van der Waals surface area contributed by atoms with Crippen molar-refractivity contribution in [2.24, 2.45) is 0 Å². The standard InChI is InChI=1S/C15H17ClN2/c1-8-6-10(3)13(7-9(8)2)14-11(4)15(16)18-12(5)17-14/h6-7H,1-5H3. The van der Waals surface area contributed by atoms with Crippen molar-refractivity contribution in [3.8, 4) is 11.3 Å². The maximum absolute atomic E-state index is 6.14. The van der Waals surface area contributed by atoms with Crippen LogP contribution in [0.4, 0.5) is 0 Å². The molecule has 18 heavy (non-hydrogen) atoms. The second-order valence-electron chi connectivity index (χ2n) is 4.79. The third-order valence-corrected chi connectivity index (χ3v) is 3.66. The molecule has 1 aromatic heterocycles. The molecule has 0 bridgehead atoms. The summed E-state index contributed by atoms with van der Waals surface area (Å²) < 4.78 is 0. The molecule has 0 saturated carbocycles. The van der Waals surface area contributed by atoms with Crippen LogP contribution in [0, 0.1) is 34.6 Å². The Morgan fingerprint density at radius 1 is 0.833 bits per heavy atom. The molecule has 0 aliphatic carbocycles. The fourth-order valence-corrected chi connectivity index (χ4v) is 2.28. The zero-order chi connectivity index (χ0) is 13.4. The summed E-state index contributed by atoms with van der Waals surface area (Å²) in [6, 6.07) is 4.37. The minimum atomic E-state index is 0.537. The Hall–Kier alpha value is -1.41. The lowest BCUT2D eigenvalue weighted by Gasteiger charge is -2.12. The second-order valence-corrected chi connectivity index (χ2v) is 5.14. The lowest BCUT2D eigenvalue weighted by molar-refractivity contribution is 1.03. The Kier molecular flexibility index (Phi) is 3.40. The van der Waals surface area contributed by atoms with E-state index in [4.69, 9.17) is 11.6 Å². The molecule has 0 radical (unpaired) electrons. The molecule has 0 amide bonds. The fraction of sp³-hybridized carbons (Fsp3) is 0.333. The van der Waals surface area contributed by atoms with Crippen LogP contribution in [-0.4, -0.2) is 9.97 Å². The van der Waals surface area contributed by atoms with Crippen LogP contribution in [0.3, 0.4) is 0 Å². The number of benzene rings is 1. The Bertz CT molecular complexity index is 618. The van der Waals surface area contributed by atoms with Gasteiger partial charge in [-0.05, 0) is 57.4 Å². The Morgan fingerprint density at radius 3 is 2.11 bits per heavy atom. The van der Waals surface area contributed by atoms with E-state index in [2.05, 4.69) is 42.9 Å². The first-order valence-electron chi connectivity index (χ1n) is 5.99. The van der Waals surface area contributed by atoms with E-state index in [1.54, 1.807) is 0 Å². The quantitative estimate of drug-likeness (QED) is 0.713. The number of hydrogen-bond donors (Lipinski definition) is 0. The van der Waals surface area contributed by atoms with Gasteiger partial charge in [-0.1, -0.05) is 17.7 Å². The van der Waals surface area contributed by atoms with Crippen molar-refractivity contribution in [1.29, 1.82) is 0 Å². The minimum absolute atomic E-state index is 0.537. The van der Waals surface area contributed by atoms with Gasteiger partial charge in [-0.15, -0.1) is 0 Å². The number of hydrogen-bond acceptors (Lipinski definition) is 2. The average Bonchev–Trinajstić information content (AvgIpc) is 2.29. The van der Waals surface area contributed by atoms with E-state index < -0.39 is 0 Å². The highest BCUT2D eigenvalue weighted by Gasteiger charge is 2.12. The molecule has 2 nitrogen and oxygen atoms in total. The lowest BCUT2D eigenvalue weighted by Crippen LogP contribution is -1.99. The van der Waals surface area contributed by atoms with Gasteiger partial charge in [0.05, 0.1) is 5.69 Å². The summed E-state index contributed by atoms with van der Waals surface area (Å²) in [5.41, 5.74) is 6.80. The average molecular weight is 261 g/mol. The topological polar surface area (TPSA) is 25.8 Å². The van der Waals surface area contributed by atoms with Crippen molar-refractivity contribution >= 4 is 11.6 Å². The van der Waals surface area contributed by atoms with Crippen LogP contribution in [0.1, 0.15) is 28.1 Å². The predicted octanol–water partition coefficient (Wildman–Crippen LogP) is 4.34. The first-order valence-corrected chi connectivity index (χ1v) is 6.37. The largest absolute Gasteiger partial charge is 0.233 e. The first-order chi connectivity index (χ1) is 8.40. The summed E-state index contributed by atoms with van der Waals surface area (Å²) in [5.74, 6) is 0.707. The molecule has 0 aliphatic heterocycles. The number of rotatable bonds is 1. The van der Waals surface area contributed by atoms with Gasteiger partial charge >= 0.3 is 0 Å². The summed E-state index contributed by atoms with van der Waals surface area (Å²) in [6.07, 6.45) is 0. The lowest BCUT2D eigenvalue weighted by atomic mass is 9.97. The molecule has 0 atom stereocenters. The highest BCUT2D eigenvalue weighted by atomic mass is 35.5. The fourth-order valence-electron chi connectivity index (χ4n) is 2.07. The molecule has 0 unspecified atom stereocenters. The molecule has 0 aliphatic rings. The minimum Gasteiger partial charge on any atom is -0.233 e. The second kappa shape index (κ2) is 4.69. The van der Waals surface area contributed by atoms with Gasteiger partial charge in [-0.3, -0.25) is 0 Å². The molecule has 0 N–H and O–H groups in total. The Morgan fingerprint density at radius 2 is 1.44 bits per heavy atom. The highest BCUT2D eigenvalue weighted by Crippen LogP contribution is 2.30. The van der Waals surface area contributed by atoms with E-state index in [-0.39, 0.29) is 0 Å². The SMILES string of the molecule is Cc1nc(Cl)c(C)c(-c2cc(C)c(C)cc2C)n1. The molecule has 1 heterocycles. The highest BCUT2D eigenvalue weighted by molar-refractivity contribution is 6.30. The maximum Gasteiger partial charge on any atom is 0.136 e. The van der Waals surface area contributed by atoms with Crippen LogP contribution in [0.2, 0.25) is 5.15 Å². The monoisotopic (exact) mass is 260 g/mol. The van der Waals surface area contributed by atoms with Crippen LogP contribution >= 0.6 is 11.6 Å². The van der Waals surface area contributed by atoms with Crippen molar-refractivity contribution < 1.29 is 0 Å². The van der Waals surface area contributed by atoms with Gasteiger partial charge in [0.2, 0.25) is 0 Å². The van der Waals surface area contributed by atoms with E-state index in [1.807, 2.05) is 13.8 Å². The molecular weight excluding hydrogens is 244 g/mol. The van der Waals surface area contributed by atoms with E-state index in [0.29, 0.717) is 11.0 Å². The smallest absolute Gasteiger partial charge is 0.136 e. The molecule has 94 valence electrons. The van der Waals surface area contributed by atoms with Crippen LogP contribution in [-0.2, 0) is 0 Å². The zero-order valence-corrected chi connectivity index (χ0v) is 12.2. The first kappa shape index (κ1) is 13.0. The van der Waals surface area contributed by atoms with E-state index in [9.17, 15) is 0 Å². The van der Waals surface area contributed by atoms with Crippen LogP contribution in [0.15, 0.2) is 12.1 Å². The Labute approximate surface area is 113 Å². The summed E-state index contributed by atoms with van der Waals surface area (Å²) >= 11 is 6.14. The third kappa shape index (κ3) is 2.25. The molecule has 0 spiro atoms. The van der Waals surface area contributed by atoms with Crippen LogP contribution < -0.4 is 0 Å². The van der Waals surface area contributed by atoms with Crippen molar-refractivity contribution in [3.63, 3.8) is 0 Å². The van der Waals surface area contributed by atoms with Crippen LogP contribution in [0.5, 0.6) is 0 Å². The molecule has 0 fully saturated rings. The van der Waals surface area contributed by atoms with Crippen molar-refractivity contribution in [2.75, 3.05) is 0 Å². The summed E-state index contributed by atoms with van der Waals surface area (Å²) in [5, 5.41) is 0.537. The molecule has 1 aromatic carbocycles. The number of halogens is 1. The Balaban J connectivity index is 2.73. The van der Waals surface area contributed by atoms with E-state index in [1.165, 1.54) is 16.7 Å². The molecule has 2 rings (SSSR count). The molecule has 2 aromatic rings. The summed E-state index contributed by atoms with van der Waals surface area (Å²) in [7, 11) is 0. The predicted molar refractivity (Wildman–Crippen MR) is 76.2 cm³/mol. The van der Waals surface area contributed by atoms with Gasteiger partial charge in [-0.2, -0.15) is 0 Å². The number of nitrogens with zero attached hydrogens (tertiary/aromatic N) is 2. The van der Waals surface area contributed by atoms with E-state index >= 15 is 0 Å². The molecular formula is C15H17ClN2. The van der Waals surface area contributed by atoms with Gasteiger partial charge in [0.25, 0.3) is 0 Å². The van der Waals surface area contributed by atoms with Gasteiger partial charge in [0.1, 0.15) is 11.0 Å². The number of aromatic nitrogens is 2. The summed E-state index contributed by atoms with van der Waals surface area (Å²) in [4.78, 5) is 8.72. The zero-order valence-electron chi connectivity index (χ0n) is 11.4. The summed E-state index contributed by atoms with van der Waals surface area (Å²) in [6.45, 7) is 10.2. The van der Waals surface area contributed by atoms with Crippen LogP contribution in [0.25, 0.3) is 11.3 Å². The van der Waals surface area contributed by atoms with Gasteiger partial charge in [-0.25, -0.2) is 9.97 Å². The normalized spacial score (nSPS) is 10.8. The van der Waals surface area contributed by atoms with E-state index in [0.717, 1.165) is 16.8 Å². The van der Waals surface area contributed by atoms with Gasteiger partial charge in [0, 0.05) is 11.1 Å². The maximum atomic E-state index is 6.14. The number of aryl methyl sites for hydroxylation is 4. The molecule has 3 heteroatoms. The van der Waals surface area contributed by atoms with Gasteiger partial charge in [0.15, 0.2) is 0 Å². The molecule has 0 saturated heterocycles. The third-order valence-electron chi connectivity index (χ3n) is 3.29. The van der Waals surface area contributed by atoms with Crippen molar-refractivity contribution in [1.82, 2.24) is 9.97 Å².